The number of carbonyl (C=O) groups is 1. The van der Waals surface area contributed by atoms with Crippen molar-refractivity contribution in [1.82, 2.24) is 10.6 Å². The minimum Gasteiger partial charge on any atom is -0.351 e. The maximum Gasteiger partial charge on any atom is 0.225 e. The lowest BCUT2D eigenvalue weighted by atomic mass is 9.95. The fourth-order valence-electron chi connectivity index (χ4n) is 2.53. The summed E-state index contributed by atoms with van der Waals surface area (Å²) in [5, 5.41) is 6.53. The maximum absolute atomic E-state index is 12.1. The molecular weight excluding hydrogens is 188 g/mol. The van der Waals surface area contributed by atoms with Crippen molar-refractivity contribution in [2.45, 2.75) is 51.6 Å². The molecule has 1 aliphatic heterocycles. The average molecular weight is 210 g/mol. The van der Waals surface area contributed by atoms with E-state index in [1.807, 2.05) is 0 Å². The first-order valence-corrected chi connectivity index (χ1v) is 6.06. The molecule has 1 aliphatic carbocycles. The molecule has 0 aromatic rings. The second-order valence-corrected chi connectivity index (χ2v) is 5.62. The Morgan fingerprint density at radius 3 is 2.47 bits per heavy atom. The highest BCUT2D eigenvalue weighted by Gasteiger charge is 2.40. The molecule has 1 heterocycles. The quantitative estimate of drug-likeness (QED) is 0.737. The van der Waals surface area contributed by atoms with Crippen LogP contribution in [-0.4, -0.2) is 24.0 Å². The van der Waals surface area contributed by atoms with E-state index in [4.69, 9.17) is 0 Å². The molecule has 0 bridgehead atoms. The van der Waals surface area contributed by atoms with Gasteiger partial charge in [0, 0.05) is 11.6 Å². The molecular formula is C12H22N2O. The first-order chi connectivity index (χ1) is 7.00. The Labute approximate surface area is 92.0 Å². The van der Waals surface area contributed by atoms with Gasteiger partial charge in [0.05, 0.1) is 5.92 Å². The zero-order valence-corrected chi connectivity index (χ0v) is 9.97. The van der Waals surface area contributed by atoms with E-state index in [0.29, 0.717) is 12.0 Å². The van der Waals surface area contributed by atoms with Crippen molar-refractivity contribution in [1.29, 1.82) is 0 Å². The minimum atomic E-state index is -0.000602. The van der Waals surface area contributed by atoms with E-state index < -0.39 is 0 Å². The maximum atomic E-state index is 12.1. The Kier molecular flexibility index (Phi) is 2.75. The van der Waals surface area contributed by atoms with Gasteiger partial charge in [0.25, 0.3) is 0 Å². The SMILES string of the molecule is CC1NCCC1C(=O)NC(C)(C)C1CC1. The second kappa shape index (κ2) is 3.78. The Balaban J connectivity index is 1.90. The van der Waals surface area contributed by atoms with Gasteiger partial charge in [0.15, 0.2) is 0 Å². The fourth-order valence-corrected chi connectivity index (χ4v) is 2.53. The third-order valence-corrected chi connectivity index (χ3v) is 3.91. The summed E-state index contributed by atoms with van der Waals surface area (Å²) in [5.74, 6) is 1.11. The van der Waals surface area contributed by atoms with Gasteiger partial charge in [-0.05, 0) is 52.5 Å². The minimum absolute atomic E-state index is 0.000602. The molecule has 2 N–H and O–H groups in total. The zero-order valence-electron chi connectivity index (χ0n) is 9.97. The predicted octanol–water partition coefficient (Wildman–Crippen LogP) is 1.29. The van der Waals surface area contributed by atoms with Gasteiger partial charge in [-0.15, -0.1) is 0 Å². The van der Waals surface area contributed by atoms with Gasteiger partial charge in [-0.2, -0.15) is 0 Å². The summed E-state index contributed by atoms with van der Waals surface area (Å²) < 4.78 is 0. The lowest BCUT2D eigenvalue weighted by Crippen LogP contribution is -2.49. The van der Waals surface area contributed by atoms with Gasteiger partial charge in [-0.3, -0.25) is 4.79 Å². The Hall–Kier alpha value is -0.570. The van der Waals surface area contributed by atoms with Gasteiger partial charge in [-0.1, -0.05) is 0 Å². The van der Waals surface area contributed by atoms with Crippen LogP contribution < -0.4 is 10.6 Å². The molecule has 1 saturated carbocycles. The number of rotatable bonds is 3. The van der Waals surface area contributed by atoms with E-state index in [0.717, 1.165) is 13.0 Å². The highest BCUT2D eigenvalue weighted by atomic mass is 16.2. The van der Waals surface area contributed by atoms with Gasteiger partial charge < -0.3 is 10.6 Å². The molecule has 0 aromatic carbocycles. The molecule has 1 amide bonds. The summed E-state index contributed by atoms with van der Waals surface area (Å²) in [4.78, 5) is 12.1. The van der Waals surface area contributed by atoms with E-state index >= 15 is 0 Å². The summed E-state index contributed by atoms with van der Waals surface area (Å²) in [7, 11) is 0. The first kappa shape index (κ1) is 10.9. The molecule has 1 saturated heterocycles. The molecule has 3 nitrogen and oxygen atoms in total. The van der Waals surface area contributed by atoms with Gasteiger partial charge in [0.1, 0.15) is 0 Å². The number of hydrogen-bond donors (Lipinski definition) is 2. The van der Waals surface area contributed by atoms with E-state index in [9.17, 15) is 4.79 Å². The molecule has 0 spiro atoms. The van der Waals surface area contributed by atoms with E-state index in [2.05, 4.69) is 31.4 Å². The zero-order chi connectivity index (χ0) is 11.1. The van der Waals surface area contributed by atoms with Crippen molar-refractivity contribution in [2.75, 3.05) is 6.54 Å². The molecule has 2 rings (SSSR count). The van der Waals surface area contributed by atoms with Crippen LogP contribution in [0.15, 0.2) is 0 Å². The average Bonchev–Trinajstić information content (AvgIpc) is 2.89. The molecule has 0 radical (unpaired) electrons. The molecule has 86 valence electrons. The van der Waals surface area contributed by atoms with Crippen LogP contribution in [-0.2, 0) is 4.79 Å². The van der Waals surface area contributed by atoms with Gasteiger partial charge >= 0.3 is 0 Å². The molecule has 2 aliphatic rings. The topological polar surface area (TPSA) is 41.1 Å². The van der Waals surface area contributed by atoms with Crippen molar-refractivity contribution in [2.24, 2.45) is 11.8 Å². The van der Waals surface area contributed by atoms with Crippen LogP contribution in [0.1, 0.15) is 40.0 Å². The van der Waals surface area contributed by atoms with Crippen LogP contribution in [0.3, 0.4) is 0 Å². The third kappa shape index (κ3) is 2.33. The number of carbonyl (C=O) groups excluding carboxylic acids is 1. The second-order valence-electron chi connectivity index (χ2n) is 5.62. The number of amides is 1. The molecule has 15 heavy (non-hydrogen) atoms. The van der Waals surface area contributed by atoms with Crippen molar-refractivity contribution in [3.8, 4) is 0 Å². The van der Waals surface area contributed by atoms with E-state index in [1.54, 1.807) is 0 Å². The fraction of sp³-hybridized carbons (Fsp3) is 0.917. The summed E-state index contributed by atoms with van der Waals surface area (Å²) >= 11 is 0. The molecule has 0 aromatic heterocycles. The van der Waals surface area contributed by atoms with Crippen LogP contribution in [0.2, 0.25) is 0 Å². The van der Waals surface area contributed by atoms with Crippen molar-refractivity contribution in [3.05, 3.63) is 0 Å². The number of nitrogens with one attached hydrogen (secondary N) is 2. The van der Waals surface area contributed by atoms with Gasteiger partial charge in [-0.25, -0.2) is 0 Å². The van der Waals surface area contributed by atoms with Crippen LogP contribution in [0.25, 0.3) is 0 Å². The van der Waals surface area contributed by atoms with Crippen LogP contribution >= 0.6 is 0 Å². The van der Waals surface area contributed by atoms with E-state index in [1.165, 1.54) is 12.8 Å². The van der Waals surface area contributed by atoms with Crippen molar-refractivity contribution < 1.29 is 4.79 Å². The Morgan fingerprint density at radius 1 is 1.33 bits per heavy atom. The Morgan fingerprint density at radius 2 is 2.00 bits per heavy atom. The summed E-state index contributed by atoms with van der Waals surface area (Å²) in [6, 6.07) is 0.333. The van der Waals surface area contributed by atoms with Crippen LogP contribution in [0.5, 0.6) is 0 Å². The summed E-state index contributed by atoms with van der Waals surface area (Å²) in [6.07, 6.45) is 3.52. The van der Waals surface area contributed by atoms with E-state index in [-0.39, 0.29) is 17.4 Å². The smallest absolute Gasteiger partial charge is 0.225 e. The molecule has 2 unspecified atom stereocenters. The first-order valence-electron chi connectivity index (χ1n) is 6.06. The monoisotopic (exact) mass is 210 g/mol. The van der Waals surface area contributed by atoms with Crippen molar-refractivity contribution in [3.63, 3.8) is 0 Å². The lowest BCUT2D eigenvalue weighted by molar-refractivity contribution is -0.127. The van der Waals surface area contributed by atoms with Crippen molar-refractivity contribution >= 4 is 5.91 Å². The summed E-state index contributed by atoms with van der Waals surface area (Å²) in [5.41, 5.74) is -0.000602. The number of hydrogen-bond acceptors (Lipinski definition) is 2. The molecule has 2 atom stereocenters. The highest BCUT2D eigenvalue weighted by Crippen LogP contribution is 2.39. The Bertz CT molecular complexity index is 258. The molecule has 2 fully saturated rings. The van der Waals surface area contributed by atoms with Gasteiger partial charge in [0.2, 0.25) is 5.91 Å². The molecule has 3 heteroatoms. The standard InChI is InChI=1S/C12H22N2O/c1-8-10(6-7-13-8)11(15)14-12(2,3)9-4-5-9/h8-10,13H,4-7H2,1-3H3,(H,14,15). The largest absolute Gasteiger partial charge is 0.351 e. The van der Waals surface area contributed by atoms with Crippen LogP contribution in [0, 0.1) is 11.8 Å². The third-order valence-electron chi connectivity index (χ3n) is 3.91. The lowest BCUT2D eigenvalue weighted by Gasteiger charge is -2.28. The normalized spacial score (nSPS) is 31.7. The summed E-state index contributed by atoms with van der Waals surface area (Å²) in [6.45, 7) is 7.37. The highest BCUT2D eigenvalue weighted by molar-refractivity contribution is 5.80. The van der Waals surface area contributed by atoms with Crippen LogP contribution in [0.4, 0.5) is 0 Å². The predicted molar refractivity (Wildman–Crippen MR) is 60.5 cm³/mol.